The van der Waals surface area contributed by atoms with E-state index in [0.29, 0.717) is 44.4 Å². The second kappa shape index (κ2) is 10.6. The number of nitrogens with one attached hydrogen (secondary N) is 1. The predicted molar refractivity (Wildman–Crippen MR) is 127 cm³/mol. The Labute approximate surface area is 191 Å². The third-order valence-electron chi connectivity index (χ3n) is 5.98. The van der Waals surface area contributed by atoms with Crippen LogP contribution >= 0.6 is 0 Å². The standard InChI is InChI=1S/C24H33N3O4S/c1-20-5-7-21(8-6-20)31-16-11-25-23-19-22(32(28,29)27-12-3-2-4-13-27)9-10-24(23)26-14-17-30-18-15-26/h5-10,19,25H,2-4,11-18H2,1H3. The maximum absolute atomic E-state index is 13.2. The van der Waals surface area contributed by atoms with Gasteiger partial charge in [-0.3, -0.25) is 0 Å². The van der Waals surface area contributed by atoms with E-state index in [1.165, 1.54) is 5.56 Å². The first-order chi connectivity index (χ1) is 15.5. The Balaban J connectivity index is 1.50. The SMILES string of the molecule is Cc1ccc(OCCNc2cc(S(=O)(=O)N3CCCCC3)ccc2N2CCOCC2)cc1. The first kappa shape index (κ1) is 22.9. The fourth-order valence-electron chi connectivity index (χ4n) is 4.14. The van der Waals surface area contributed by atoms with Crippen molar-refractivity contribution in [2.45, 2.75) is 31.1 Å². The molecule has 0 saturated carbocycles. The molecule has 2 fully saturated rings. The summed E-state index contributed by atoms with van der Waals surface area (Å²) >= 11 is 0. The van der Waals surface area contributed by atoms with Gasteiger partial charge in [0.1, 0.15) is 12.4 Å². The van der Waals surface area contributed by atoms with Crippen molar-refractivity contribution in [2.75, 3.05) is 62.8 Å². The highest BCUT2D eigenvalue weighted by atomic mass is 32.2. The zero-order valence-electron chi connectivity index (χ0n) is 18.8. The Morgan fingerprint density at radius 2 is 1.69 bits per heavy atom. The number of anilines is 2. The predicted octanol–water partition coefficient (Wildman–Crippen LogP) is 3.50. The molecule has 0 spiro atoms. The van der Waals surface area contributed by atoms with Gasteiger partial charge >= 0.3 is 0 Å². The van der Waals surface area contributed by atoms with Gasteiger partial charge in [0.15, 0.2) is 0 Å². The Kier molecular flexibility index (Phi) is 7.55. The molecule has 0 atom stereocenters. The summed E-state index contributed by atoms with van der Waals surface area (Å²) in [7, 11) is -3.49. The molecule has 0 amide bonds. The van der Waals surface area contributed by atoms with E-state index in [9.17, 15) is 8.42 Å². The fourth-order valence-corrected chi connectivity index (χ4v) is 5.68. The van der Waals surface area contributed by atoms with Crippen LogP contribution in [0.25, 0.3) is 0 Å². The highest BCUT2D eigenvalue weighted by molar-refractivity contribution is 7.89. The molecule has 2 aliphatic rings. The summed E-state index contributed by atoms with van der Waals surface area (Å²) in [6.07, 6.45) is 2.94. The molecule has 1 N–H and O–H groups in total. The summed E-state index contributed by atoms with van der Waals surface area (Å²) < 4.78 is 39.4. The molecule has 174 valence electrons. The number of nitrogens with zero attached hydrogens (tertiary/aromatic N) is 2. The van der Waals surface area contributed by atoms with Crippen molar-refractivity contribution < 1.29 is 17.9 Å². The molecular weight excluding hydrogens is 426 g/mol. The van der Waals surface area contributed by atoms with Gasteiger partial charge in [0.2, 0.25) is 10.0 Å². The van der Waals surface area contributed by atoms with E-state index >= 15 is 0 Å². The summed E-state index contributed by atoms with van der Waals surface area (Å²) in [5, 5.41) is 3.42. The number of hydrogen-bond donors (Lipinski definition) is 1. The van der Waals surface area contributed by atoms with Gasteiger partial charge in [-0.2, -0.15) is 4.31 Å². The van der Waals surface area contributed by atoms with Gasteiger partial charge in [0.05, 0.1) is 29.5 Å². The second-order valence-electron chi connectivity index (χ2n) is 8.33. The van der Waals surface area contributed by atoms with Crippen LogP contribution in [0.4, 0.5) is 11.4 Å². The van der Waals surface area contributed by atoms with Crippen molar-refractivity contribution >= 4 is 21.4 Å². The molecule has 4 rings (SSSR count). The zero-order chi connectivity index (χ0) is 22.4. The minimum Gasteiger partial charge on any atom is -0.492 e. The lowest BCUT2D eigenvalue weighted by Crippen LogP contribution is -2.37. The van der Waals surface area contributed by atoms with Crippen molar-refractivity contribution in [2.24, 2.45) is 0 Å². The lowest BCUT2D eigenvalue weighted by Gasteiger charge is -2.31. The molecule has 32 heavy (non-hydrogen) atoms. The van der Waals surface area contributed by atoms with Gasteiger partial charge in [-0.25, -0.2) is 8.42 Å². The van der Waals surface area contributed by atoms with Crippen molar-refractivity contribution in [3.8, 4) is 5.75 Å². The Morgan fingerprint density at radius 1 is 0.969 bits per heavy atom. The highest BCUT2D eigenvalue weighted by Gasteiger charge is 2.27. The third-order valence-corrected chi connectivity index (χ3v) is 7.87. The van der Waals surface area contributed by atoms with E-state index in [2.05, 4.69) is 10.2 Å². The largest absolute Gasteiger partial charge is 0.492 e. The normalized spacial score (nSPS) is 17.8. The molecule has 2 saturated heterocycles. The van der Waals surface area contributed by atoms with Gasteiger partial charge in [0, 0.05) is 32.7 Å². The number of hydrogen-bond acceptors (Lipinski definition) is 6. The molecule has 0 radical (unpaired) electrons. The molecule has 0 aromatic heterocycles. The second-order valence-corrected chi connectivity index (χ2v) is 10.3. The van der Waals surface area contributed by atoms with Crippen LogP contribution in [0.1, 0.15) is 24.8 Å². The Hall–Kier alpha value is -2.29. The van der Waals surface area contributed by atoms with E-state index in [1.807, 2.05) is 37.3 Å². The quantitative estimate of drug-likeness (QED) is 0.610. The van der Waals surface area contributed by atoms with Gasteiger partial charge in [0.25, 0.3) is 0 Å². The van der Waals surface area contributed by atoms with Crippen LogP contribution in [0.2, 0.25) is 0 Å². The number of piperidine rings is 1. The average Bonchev–Trinajstić information content (AvgIpc) is 2.84. The minimum atomic E-state index is -3.49. The molecule has 2 aromatic carbocycles. The summed E-state index contributed by atoms with van der Waals surface area (Å²) in [6.45, 7) is 7.20. The van der Waals surface area contributed by atoms with Gasteiger partial charge in [-0.1, -0.05) is 24.1 Å². The summed E-state index contributed by atoms with van der Waals surface area (Å²) in [6, 6.07) is 13.4. The molecule has 2 heterocycles. The maximum Gasteiger partial charge on any atom is 0.243 e. The Bertz CT molecular complexity index is 983. The van der Waals surface area contributed by atoms with E-state index in [1.54, 1.807) is 16.4 Å². The topological polar surface area (TPSA) is 71.1 Å². The summed E-state index contributed by atoms with van der Waals surface area (Å²) in [5.74, 6) is 0.826. The number of ether oxygens (including phenoxy) is 2. The van der Waals surface area contributed by atoms with E-state index < -0.39 is 10.0 Å². The van der Waals surface area contributed by atoms with Crippen LogP contribution < -0.4 is 15.0 Å². The van der Waals surface area contributed by atoms with Crippen molar-refractivity contribution in [3.05, 3.63) is 48.0 Å². The van der Waals surface area contributed by atoms with Gasteiger partial charge in [-0.05, 0) is 50.1 Å². The van der Waals surface area contributed by atoms with Gasteiger partial charge < -0.3 is 19.7 Å². The number of morpholine rings is 1. The molecular formula is C24H33N3O4S. The van der Waals surface area contributed by atoms with Crippen molar-refractivity contribution in [1.82, 2.24) is 4.31 Å². The average molecular weight is 460 g/mol. The van der Waals surface area contributed by atoms with Crippen molar-refractivity contribution in [1.29, 1.82) is 0 Å². The first-order valence-electron chi connectivity index (χ1n) is 11.4. The number of aryl methyl sites for hydroxylation is 1. The molecule has 8 heteroatoms. The minimum absolute atomic E-state index is 0.346. The van der Waals surface area contributed by atoms with E-state index in [-0.39, 0.29) is 0 Å². The summed E-state index contributed by atoms with van der Waals surface area (Å²) in [4.78, 5) is 2.59. The molecule has 0 aliphatic carbocycles. The van der Waals surface area contributed by atoms with Gasteiger partial charge in [-0.15, -0.1) is 0 Å². The number of benzene rings is 2. The molecule has 2 aromatic rings. The molecule has 0 unspecified atom stereocenters. The lowest BCUT2D eigenvalue weighted by molar-refractivity contribution is 0.123. The molecule has 7 nitrogen and oxygen atoms in total. The van der Waals surface area contributed by atoms with Crippen LogP contribution in [-0.2, 0) is 14.8 Å². The van der Waals surface area contributed by atoms with E-state index in [0.717, 1.165) is 49.5 Å². The van der Waals surface area contributed by atoms with E-state index in [4.69, 9.17) is 9.47 Å². The number of sulfonamides is 1. The highest BCUT2D eigenvalue weighted by Crippen LogP contribution is 2.31. The van der Waals surface area contributed by atoms with Crippen LogP contribution in [-0.4, -0.2) is 65.3 Å². The first-order valence-corrected chi connectivity index (χ1v) is 12.9. The van der Waals surface area contributed by atoms with Crippen LogP contribution in [0.3, 0.4) is 0 Å². The maximum atomic E-state index is 13.2. The molecule has 2 aliphatic heterocycles. The smallest absolute Gasteiger partial charge is 0.243 e. The lowest BCUT2D eigenvalue weighted by atomic mass is 10.2. The van der Waals surface area contributed by atoms with Crippen molar-refractivity contribution in [3.63, 3.8) is 0 Å². The third kappa shape index (κ3) is 5.54. The fraction of sp³-hybridized carbons (Fsp3) is 0.500. The summed E-state index contributed by atoms with van der Waals surface area (Å²) in [5.41, 5.74) is 3.01. The van der Waals surface area contributed by atoms with Crippen LogP contribution in [0.15, 0.2) is 47.4 Å². The Morgan fingerprint density at radius 3 is 2.41 bits per heavy atom. The van der Waals surface area contributed by atoms with Crippen LogP contribution in [0.5, 0.6) is 5.75 Å². The van der Waals surface area contributed by atoms with Crippen LogP contribution in [0, 0.1) is 6.92 Å². The number of rotatable bonds is 8. The molecule has 0 bridgehead atoms. The zero-order valence-corrected chi connectivity index (χ0v) is 19.6. The monoisotopic (exact) mass is 459 g/mol.